The molecule has 5 heteroatoms. The van der Waals surface area contributed by atoms with E-state index in [1.165, 1.54) is 6.20 Å². The van der Waals surface area contributed by atoms with Crippen LogP contribution in [0, 0.1) is 11.3 Å². The van der Waals surface area contributed by atoms with Crippen molar-refractivity contribution in [1.82, 2.24) is 10.2 Å². The van der Waals surface area contributed by atoms with Crippen LogP contribution in [0.5, 0.6) is 0 Å². The van der Waals surface area contributed by atoms with Gasteiger partial charge in [0.1, 0.15) is 11.6 Å². The maximum Gasteiger partial charge on any atom is 0.266 e. The maximum atomic E-state index is 12.4. The average Bonchev–Trinajstić information content (AvgIpc) is 2.51. The first kappa shape index (κ1) is 16.1. The fraction of sp³-hybridized carbons (Fsp3) is 0.412. The Bertz CT molecular complexity index is 567. The molecule has 22 heavy (non-hydrogen) atoms. The Balaban J connectivity index is 1.96. The summed E-state index contributed by atoms with van der Waals surface area (Å²) < 4.78 is 5.61. The van der Waals surface area contributed by atoms with Gasteiger partial charge in [-0.3, -0.25) is 4.79 Å². The molecule has 1 saturated heterocycles. The number of hydrogen-bond donors (Lipinski definition) is 1. The number of benzene rings is 1. The third-order valence-electron chi connectivity index (χ3n) is 3.45. The van der Waals surface area contributed by atoms with Crippen LogP contribution in [0.4, 0.5) is 0 Å². The van der Waals surface area contributed by atoms with E-state index in [9.17, 15) is 10.1 Å². The zero-order valence-corrected chi connectivity index (χ0v) is 13.0. The van der Waals surface area contributed by atoms with Crippen LogP contribution in [0.2, 0.25) is 0 Å². The number of carbonyl (C=O) groups is 1. The van der Waals surface area contributed by atoms with Crippen LogP contribution in [0.3, 0.4) is 0 Å². The zero-order chi connectivity index (χ0) is 15.9. The summed E-state index contributed by atoms with van der Waals surface area (Å²) in [7, 11) is 0. The first-order valence-corrected chi connectivity index (χ1v) is 7.42. The van der Waals surface area contributed by atoms with Gasteiger partial charge >= 0.3 is 0 Å². The third kappa shape index (κ3) is 4.34. The number of morpholine rings is 1. The number of rotatable bonds is 4. The van der Waals surface area contributed by atoms with Crippen LogP contribution < -0.4 is 5.32 Å². The quantitative estimate of drug-likeness (QED) is 0.680. The predicted molar refractivity (Wildman–Crippen MR) is 83.6 cm³/mol. The Morgan fingerprint density at radius 1 is 1.36 bits per heavy atom. The molecule has 2 rings (SSSR count). The summed E-state index contributed by atoms with van der Waals surface area (Å²) in [5, 5.41) is 12.3. The Morgan fingerprint density at radius 3 is 2.59 bits per heavy atom. The Hall–Kier alpha value is -2.32. The lowest BCUT2D eigenvalue weighted by molar-refractivity contribution is -0.138. The van der Waals surface area contributed by atoms with Gasteiger partial charge in [0.2, 0.25) is 0 Å². The number of ether oxygens (including phenoxy) is 1. The number of hydrogen-bond acceptors (Lipinski definition) is 4. The molecule has 1 aliphatic heterocycles. The summed E-state index contributed by atoms with van der Waals surface area (Å²) in [5.74, 6) is -0.245. The van der Waals surface area contributed by atoms with E-state index in [1.54, 1.807) is 4.90 Å². The number of carbonyl (C=O) groups excluding carboxylic acids is 1. The molecular formula is C17H21N3O2. The monoisotopic (exact) mass is 299 g/mol. The highest BCUT2D eigenvalue weighted by Gasteiger charge is 2.27. The van der Waals surface area contributed by atoms with Crippen LogP contribution in [-0.4, -0.2) is 36.1 Å². The van der Waals surface area contributed by atoms with Gasteiger partial charge in [-0.2, -0.15) is 5.26 Å². The van der Waals surface area contributed by atoms with Crippen molar-refractivity contribution in [3.63, 3.8) is 0 Å². The van der Waals surface area contributed by atoms with E-state index < -0.39 is 0 Å². The van der Waals surface area contributed by atoms with Gasteiger partial charge < -0.3 is 15.0 Å². The maximum absolute atomic E-state index is 12.4. The second kappa shape index (κ2) is 7.62. The van der Waals surface area contributed by atoms with E-state index in [4.69, 9.17) is 4.74 Å². The average molecular weight is 299 g/mol. The minimum absolute atomic E-state index is 0.00933. The van der Waals surface area contributed by atoms with Crippen LogP contribution in [0.1, 0.15) is 19.4 Å². The standard InChI is InChI=1S/C17H21N3O2/c1-13-11-20(12-14(2)22-13)17(21)16(8-18)10-19-9-15-6-4-3-5-7-15/h3-7,10,13-14,19H,9,11-12H2,1-2H3/b16-10-. The van der Waals surface area contributed by atoms with Gasteiger partial charge in [-0.15, -0.1) is 0 Å². The van der Waals surface area contributed by atoms with E-state index >= 15 is 0 Å². The highest BCUT2D eigenvalue weighted by molar-refractivity contribution is 5.97. The molecular weight excluding hydrogens is 278 g/mol. The normalized spacial score (nSPS) is 22.0. The molecule has 1 aliphatic rings. The van der Waals surface area contributed by atoms with E-state index in [1.807, 2.05) is 50.2 Å². The summed E-state index contributed by atoms with van der Waals surface area (Å²) >= 11 is 0. The molecule has 116 valence electrons. The van der Waals surface area contributed by atoms with Gasteiger partial charge in [0.25, 0.3) is 5.91 Å². The molecule has 1 N–H and O–H groups in total. The molecule has 2 atom stereocenters. The fourth-order valence-electron chi connectivity index (χ4n) is 2.52. The van der Waals surface area contributed by atoms with Crippen molar-refractivity contribution in [2.45, 2.75) is 32.6 Å². The largest absolute Gasteiger partial charge is 0.386 e. The molecule has 0 bridgehead atoms. The molecule has 1 aromatic rings. The van der Waals surface area contributed by atoms with Crippen molar-refractivity contribution in [2.24, 2.45) is 0 Å². The van der Waals surface area contributed by atoms with Crippen LogP contribution >= 0.6 is 0 Å². The van der Waals surface area contributed by atoms with Crippen molar-refractivity contribution in [3.8, 4) is 6.07 Å². The molecule has 0 spiro atoms. The topological polar surface area (TPSA) is 65.4 Å². The van der Waals surface area contributed by atoms with Crippen LogP contribution in [0.15, 0.2) is 42.1 Å². The van der Waals surface area contributed by atoms with Gasteiger partial charge in [0.15, 0.2) is 0 Å². The molecule has 5 nitrogen and oxygen atoms in total. The fourth-order valence-corrected chi connectivity index (χ4v) is 2.52. The van der Waals surface area contributed by atoms with Gasteiger partial charge in [-0.1, -0.05) is 30.3 Å². The summed E-state index contributed by atoms with van der Waals surface area (Å²) in [5.41, 5.74) is 1.22. The molecule has 2 unspecified atom stereocenters. The zero-order valence-electron chi connectivity index (χ0n) is 13.0. The van der Waals surface area contributed by atoms with E-state index in [-0.39, 0.29) is 23.7 Å². The third-order valence-corrected chi connectivity index (χ3v) is 3.45. The lowest BCUT2D eigenvalue weighted by Gasteiger charge is -2.35. The van der Waals surface area contributed by atoms with Gasteiger partial charge in [-0.05, 0) is 19.4 Å². The van der Waals surface area contributed by atoms with Gasteiger partial charge in [0.05, 0.1) is 12.2 Å². The lowest BCUT2D eigenvalue weighted by atomic mass is 10.2. The van der Waals surface area contributed by atoms with Crippen molar-refractivity contribution in [2.75, 3.05) is 13.1 Å². The Labute approximate surface area is 131 Å². The number of nitrogens with zero attached hydrogens (tertiary/aromatic N) is 2. The Kier molecular flexibility index (Phi) is 5.56. The second-order valence-electron chi connectivity index (χ2n) is 5.50. The van der Waals surface area contributed by atoms with Crippen molar-refractivity contribution in [1.29, 1.82) is 5.26 Å². The highest BCUT2D eigenvalue weighted by atomic mass is 16.5. The molecule has 1 aromatic carbocycles. The summed E-state index contributed by atoms with van der Waals surface area (Å²) in [6.45, 7) is 5.47. The van der Waals surface area contributed by atoms with E-state index in [0.717, 1.165) is 5.56 Å². The molecule has 0 radical (unpaired) electrons. The Morgan fingerprint density at radius 2 is 2.00 bits per heavy atom. The number of amides is 1. The van der Waals surface area contributed by atoms with Gasteiger partial charge in [0, 0.05) is 25.8 Å². The molecule has 0 saturated carbocycles. The van der Waals surface area contributed by atoms with Crippen LogP contribution in [-0.2, 0) is 16.1 Å². The SMILES string of the molecule is CC1CN(C(=O)/C(C#N)=C\NCc2ccccc2)CC(C)O1. The second-order valence-corrected chi connectivity index (χ2v) is 5.50. The minimum atomic E-state index is -0.245. The molecule has 1 amide bonds. The number of nitrogens with one attached hydrogen (secondary N) is 1. The molecule has 0 aromatic heterocycles. The summed E-state index contributed by atoms with van der Waals surface area (Å²) in [6.07, 6.45) is 1.48. The lowest BCUT2D eigenvalue weighted by Crippen LogP contribution is -2.48. The first-order chi connectivity index (χ1) is 10.6. The number of nitriles is 1. The van der Waals surface area contributed by atoms with E-state index in [2.05, 4.69) is 5.32 Å². The van der Waals surface area contributed by atoms with Crippen LogP contribution in [0.25, 0.3) is 0 Å². The van der Waals surface area contributed by atoms with Gasteiger partial charge in [-0.25, -0.2) is 0 Å². The molecule has 1 fully saturated rings. The highest BCUT2D eigenvalue weighted by Crippen LogP contribution is 2.13. The van der Waals surface area contributed by atoms with Crippen molar-refractivity contribution < 1.29 is 9.53 Å². The molecule has 1 heterocycles. The molecule has 0 aliphatic carbocycles. The van der Waals surface area contributed by atoms with Crippen molar-refractivity contribution in [3.05, 3.63) is 47.7 Å². The summed E-state index contributed by atoms with van der Waals surface area (Å²) in [6, 6.07) is 11.8. The predicted octanol–water partition coefficient (Wildman–Crippen LogP) is 1.82. The smallest absolute Gasteiger partial charge is 0.266 e. The van der Waals surface area contributed by atoms with Crippen molar-refractivity contribution >= 4 is 5.91 Å². The summed E-state index contributed by atoms with van der Waals surface area (Å²) in [4.78, 5) is 14.1. The van der Waals surface area contributed by atoms with E-state index in [0.29, 0.717) is 19.6 Å². The minimum Gasteiger partial charge on any atom is -0.386 e. The first-order valence-electron chi connectivity index (χ1n) is 7.42.